The third-order valence-electron chi connectivity index (χ3n) is 4.54. The molecule has 26 heavy (non-hydrogen) atoms. The van der Waals surface area contributed by atoms with E-state index in [-0.39, 0.29) is 35.3 Å². The Morgan fingerprint density at radius 3 is 2.46 bits per heavy atom. The minimum absolute atomic E-state index is 0. The van der Waals surface area contributed by atoms with Gasteiger partial charge in [-0.15, -0.1) is 24.0 Å². The van der Waals surface area contributed by atoms with Crippen LogP contribution in [0.5, 0.6) is 0 Å². The quantitative estimate of drug-likeness (QED) is 0.300. The molecule has 2 N–H and O–H groups in total. The first kappa shape index (κ1) is 22.7. The fourth-order valence-electron chi connectivity index (χ4n) is 3.09. The predicted octanol–water partition coefficient (Wildman–Crippen LogP) is 2.91. The number of carbonyl (C=O) groups excluding carboxylic acids is 1. The van der Waals surface area contributed by atoms with Crippen molar-refractivity contribution in [1.29, 1.82) is 0 Å². The van der Waals surface area contributed by atoms with Crippen LogP contribution in [-0.2, 0) is 11.2 Å². The molecular formula is C20H33IN4O. The second kappa shape index (κ2) is 10.7. The summed E-state index contributed by atoms with van der Waals surface area (Å²) in [5.74, 6) is 1.68. The Hall–Kier alpha value is -1.31. The standard InChI is InChI=1S/C20H32N4O.HI/c1-20(2,3)18(25)22-11-12-23-19(21-4)24-13-10-17(15-24)14-16-8-6-5-7-9-16;/h5-9,17H,10-15H2,1-4H3,(H,21,23)(H,22,25);1H. The number of aliphatic imine (C=N–C) groups is 1. The van der Waals surface area contributed by atoms with Gasteiger partial charge in [0.05, 0.1) is 0 Å². The summed E-state index contributed by atoms with van der Waals surface area (Å²) in [5, 5.41) is 6.32. The highest BCUT2D eigenvalue weighted by Crippen LogP contribution is 2.20. The summed E-state index contributed by atoms with van der Waals surface area (Å²) in [6.07, 6.45) is 2.31. The van der Waals surface area contributed by atoms with E-state index in [0.717, 1.165) is 25.5 Å². The van der Waals surface area contributed by atoms with Crippen LogP contribution in [0.4, 0.5) is 0 Å². The molecule has 1 aromatic carbocycles. The monoisotopic (exact) mass is 472 g/mol. The van der Waals surface area contributed by atoms with Crippen molar-refractivity contribution in [2.45, 2.75) is 33.6 Å². The summed E-state index contributed by atoms with van der Waals surface area (Å²) < 4.78 is 0. The minimum atomic E-state index is -0.346. The molecule has 6 heteroatoms. The van der Waals surface area contributed by atoms with Gasteiger partial charge in [0.15, 0.2) is 5.96 Å². The van der Waals surface area contributed by atoms with Gasteiger partial charge in [0.1, 0.15) is 0 Å². The molecule has 0 spiro atoms. The lowest BCUT2D eigenvalue weighted by Gasteiger charge is -2.22. The summed E-state index contributed by atoms with van der Waals surface area (Å²) in [6.45, 7) is 9.13. The van der Waals surface area contributed by atoms with E-state index in [1.807, 2.05) is 27.8 Å². The number of hydrogen-bond donors (Lipinski definition) is 2. The van der Waals surface area contributed by atoms with Gasteiger partial charge in [0.2, 0.25) is 5.91 Å². The second-order valence-corrected chi connectivity index (χ2v) is 7.77. The van der Waals surface area contributed by atoms with E-state index in [1.165, 1.54) is 12.0 Å². The first-order valence-corrected chi connectivity index (χ1v) is 9.18. The van der Waals surface area contributed by atoms with Gasteiger partial charge in [0.25, 0.3) is 0 Å². The number of hydrogen-bond acceptors (Lipinski definition) is 2. The Balaban J connectivity index is 0.00000338. The molecule has 1 heterocycles. The van der Waals surface area contributed by atoms with E-state index in [4.69, 9.17) is 0 Å². The van der Waals surface area contributed by atoms with E-state index >= 15 is 0 Å². The van der Waals surface area contributed by atoms with Crippen LogP contribution in [0.2, 0.25) is 0 Å². The molecule has 1 unspecified atom stereocenters. The zero-order valence-corrected chi connectivity index (χ0v) is 18.7. The lowest BCUT2D eigenvalue weighted by Crippen LogP contribution is -2.44. The van der Waals surface area contributed by atoms with E-state index in [2.05, 4.69) is 50.9 Å². The van der Waals surface area contributed by atoms with Crippen molar-refractivity contribution in [3.8, 4) is 0 Å². The lowest BCUT2D eigenvalue weighted by molar-refractivity contribution is -0.128. The first-order chi connectivity index (χ1) is 11.9. The van der Waals surface area contributed by atoms with Crippen LogP contribution in [0.25, 0.3) is 0 Å². The number of nitrogens with one attached hydrogen (secondary N) is 2. The number of benzene rings is 1. The molecular weight excluding hydrogens is 439 g/mol. The number of carbonyl (C=O) groups is 1. The zero-order chi connectivity index (χ0) is 18.3. The molecule has 146 valence electrons. The van der Waals surface area contributed by atoms with Crippen molar-refractivity contribution in [1.82, 2.24) is 15.5 Å². The molecule has 1 saturated heterocycles. The maximum Gasteiger partial charge on any atom is 0.225 e. The molecule has 0 aromatic heterocycles. The molecule has 0 saturated carbocycles. The Morgan fingerprint density at radius 1 is 1.19 bits per heavy atom. The molecule has 1 amide bonds. The number of nitrogens with zero attached hydrogens (tertiary/aromatic N) is 2. The molecule has 2 rings (SSSR count). The second-order valence-electron chi connectivity index (χ2n) is 7.77. The molecule has 0 radical (unpaired) electrons. The van der Waals surface area contributed by atoms with Crippen LogP contribution >= 0.6 is 24.0 Å². The normalized spacial score (nSPS) is 17.6. The number of halogens is 1. The van der Waals surface area contributed by atoms with Crippen LogP contribution in [0, 0.1) is 11.3 Å². The van der Waals surface area contributed by atoms with Crippen LogP contribution in [0.3, 0.4) is 0 Å². The SMILES string of the molecule is CN=C(NCCNC(=O)C(C)(C)C)N1CCC(Cc2ccccc2)C1.I. The molecule has 5 nitrogen and oxygen atoms in total. The van der Waals surface area contributed by atoms with Crippen molar-refractivity contribution in [2.24, 2.45) is 16.3 Å². The maximum atomic E-state index is 11.9. The molecule has 1 aliphatic rings. The molecule has 0 aliphatic carbocycles. The Bertz CT molecular complexity index is 583. The number of rotatable bonds is 5. The van der Waals surface area contributed by atoms with Gasteiger partial charge in [-0.2, -0.15) is 0 Å². The van der Waals surface area contributed by atoms with Crippen molar-refractivity contribution in [3.05, 3.63) is 35.9 Å². The van der Waals surface area contributed by atoms with Crippen molar-refractivity contribution < 1.29 is 4.79 Å². The molecule has 1 fully saturated rings. The van der Waals surface area contributed by atoms with Crippen LogP contribution in [-0.4, -0.2) is 50.0 Å². The largest absolute Gasteiger partial charge is 0.354 e. The fraction of sp³-hybridized carbons (Fsp3) is 0.600. The van der Waals surface area contributed by atoms with Gasteiger partial charge in [-0.25, -0.2) is 0 Å². The maximum absolute atomic E-state index is 11.9. The summed E-state index contributed by atoms with van der Waals surface area (Å²) >= 11 is 0. The van der Waals surface area contributed by atoms with Gasteiger partial charge < -0.3 is 15.5 Å². The van der Waals surface area contributed by atoms with E-state index in [0.29, 0.717) is 19.0 Å². The smallest absolute Gasteiger partial charge is 0.225 e. The molecule has 0 bridgehead atoms. The molecule has 1 aliphatic heterocycles. The Kier molecular flexibility index (Phi) is 9.39. The lowest BCUT2D eigenvalue weighted by atomic mass is 9.96. The summed E-state index contributed by atoms with van der Waals surface area (Å²) in [6, 6.07) is 10.7. The summed E-state index contributed by atoms with van der Waals surface area (Å²) in [5.41, 5.74) is 1.06. The first-order valence-electron chi connectivity index (χ1n) is 9.18. The third-order valence-corrected chi connectivity index (χ3v) is 4.54. The highest BCUT2D eigenvalue weighted by Gasteiger charge is 2.25. The van der Waals surface area contributed by atoms with E-state index in [9.17, 15) is 4.79 Å². The average Bonchev–Trinajstić information content (AvgIpc) is 3.03. The highest BCUT2D eigenvalue weighted by molar-refractivity contribution is 14.0. The van der Waals surface area contributed by atoms with Crippen LogP contribution in [0.15, 0.2) is 35.3 Å². The topological polar surface area (TPSA) is 56.7 Å². The van der Waals surface area contributed by atoms with Crippen molar-refractivity contribution in [3.63, 3.8) is 0 Å². The van der Waals surface area contributed by atoms with Gasteiger partial charge in [-0.3, -0.25) is 9.79 Å². The summed E-state index contributed by atoms with van der Waals surface area (Å²) in [7, 11) is 1.82. The Labute approximate surface area is 175 Å². The number of guanidine groups is 1. The predicted molar refractivity (Wildman–Crippen MR) is 119 cm³/mol. The van der Waals surface area contributed by atoms with Crippen LogP contribution in [0.1, 0.15) is 32.8 Å². The highest BCUT2D eigenvalue weighted by atomic mass is 127. The van der Waals surface area contributed by atoms with Crippen molar-refractivity contribution in [2.75, 3.05) is 33.2 Å². The fourth-order valence-corrected chi connectivity index (χ4v) is 3.09. The third kappa shape index (κ3) is 7.13. The number of likely N-dealkylation sites (tertiary alicyclic amines) is 1. The van der Waals surface area contributed by atoms with E-state index in [1.54, 1.807) is 0 Å². The molecule has 1 aromatic rings. The van der Waals surface area contributed by atoms with Crippen LogP contribution < -0.4 is 10.6 Å². The van der Waals surface area contributed by atoms with Crippen molar-refractivity contribution >= 4 is 35.8 Å². The minimum Gasteiger partial charge on any atom is -0.354 e. The zero-order valence-electron chi connectivity index (χ0n) is 16.4. The number of amides is 1. The molecule has 1 atom stereocenters. The summed E-state index contributed by atoms with van der Waals surface area (Å²) in [4.78, 5) is 18.6. The average molecular weight is 472 g/mol. The van der Waals surface area contributed by atoms with Gasteiger partial charge >= 0.3 is 0 Å². The van der Waals surface area contributed by atoms with E-state index < -0.39 is 0 Å². The van der Waals surface area contributed by atoms with Gasteiger partial charge in [0, 0.05) is 38.6 Å². The Morgan fingerprint density at radius 2 is 1.85 bits per heavy atom. The van der Waals surface area contributed by atoms with Gasteiger partial charge in [-0.05, 0) is 24.3 Å². The van der Waals surface area contributed by atoms with Gasteiger partial charge in [-0.1, -0.05) is 51.1 Å².